The molecule has 1 heterocycles. The van der Waals surface area contributed by atoms with Crippen molar-refractivity contribution in [2.24, 2.45) is 14.1 Å². The highest BCUT2D eigenvalue weighted by Gasteiger charge is 2.13. The molecule has 0 aliphatic heterocycles. The molecule has 0 unspecified atom stereocenters. The van der Waals surface area contributed by atoms with E-state index in [-0.39, 0.29) is 21.9 Å². The fourth-order valence-electron chi connectivity index (χ4n) is 2.87. The van der Waals surface area contributed by atoms with Crippen molar-refractivity contribution in [1.29, 1.82) is 0 Å². The Morgan fingerprint density at radius 2 is 1.38 bits per heavy atom. The van der Waals surface area contributed by atoms with Crippen molar-refractivity contribution in [2.75, 3.05) is 0 Å². The summed E-state index contributed by atoms with van der Waals surface area (Å²) in [5.74, 6) is 0. The quantitative estimate of drug-likeness (QED) is 0.468. The van der Waals surface area contributed by atoms with Crippen LogP contribution < -0.4 is 21.8 Å². The van der Waals surface area contributed by atoms with Crippen LogP contribution in [-0.4, -0.2) is 14.1 Å². The van der Waals surface area contributed by atoms with E-state index in [1.807, 2.05) is 0 Å². The molecule has 29 heavy (non-hydrogen) atoms. The second-order valence-electron chi connectivity index (χ2n) is 6.24. The van der Waals surface area contributed by atoms with Crippen LogP contribution in [0, 0.1) is 10.1 Å². The zero-order valence-electron chi connectivity index (χ0n) is 15.4. The number of nitro groups is 1. The molecule has 0 aliphatic carbocycles. The summed E-state index contributed by atoms with van der Waals surface area (Å²) in [5, 5.41) is 12.0. The number of nitrogens with zero attached hydrogens (tertiary/aromatic N) is 3. The number of hydrogen-bond donors (Lipinski definition) is 0. The van der Waals surface area contributed by atoms with Crippen LogP contribution in [0.25, 0.3) is 12.2 Å². The van der Waals surface area contributed by atoms with Gasteiger partial charge in [0.05, 0.1) is 10.5 Å². The van der Waals surface area contributed by atoms with Gasteiger partial charge in [-0.2, -0.15) is 0 Å². The Morgan fingerprint density at radius 1 is 0.862 bits per heavy atom. The average Bonchev–Trinajstić information content (AvgIpc) is 2.69. The molecule has 0 aliphatic rings. The molecule has 0 amide bonds. The first kappa shape index (κ1) is 20.6. The lowest BCUT2D eigenvalue weighted by Crippen LogP contribution is -2.56. The van der Waals surface area contributed by atoms with Crippen LogP contribution >= 0.6 is 23.2 Å². The van der Waals surface area contributed by atoms with Gasteiger partial charge in [0.15, 0.2) is 0 Å². The number of halogens is 2. The van der Waals surface area contributed by atoms with Crippen molar-refractivity contribution in [1.82, 2.24) is 9.13 Å². The van der Waals surface area contributed by atoms with Crippen molar-refractivity contribution >= 4 is 41.0 Å². The van der Waals surface area contributed by atoms with Crippen molar-refractivity contribution in [3.63, 3.8) is 0 Å². The summed E-state index contributed by atoms with van der Waals surface area (Å²) in [4.78, 5) is 36.5. The molecule has 0 radical (unpaired) electrons. The summed E-state index contributed by atoms with van der Waals surface area (Å²) in [7, 11) is 2.87. The molecule has 0 N–H and O–H groups in total. The molecule has 2 aromatic carbocycles. The van der Waals surface area contributed by atoms with E-state index in [2.05, 4.69) is 0 Å². The van der Waals surface area contributed by atoms with Crippen molar-refractivity contribution in [3.05, 3.63) is 105 Å². The number of nitro benzene ring substituents is 1. The number of hydrogen-bond acceptors (Lipinski definition) is 4. The van der Waals surface area contributed by atoms with Gasteiger partial charge in [0.25, 0.3) is 16.8 Å². The molecular formula is C20H15Cl2N3O4. The Bertz CT molecular complexity index is 1350. The molecule has 0 bridgehead atoms. The number of benzene rings is 2. The van der Waals surface area contributed by atoms with E-state index in [0.29, 0.717) is 15.6 Å². The van der Waals surface area contributed by atoms with Crippen molar-refractivity contribution < 1.29 is 4.92 Å². The lowest BCUT2D eigenvalue weighted by molar-refractivity contribution is -0.385. The van der Waals surface area contributed by atoms with Gasteiger partial charge in [-0.15, -0.1) is 0 Å². The van der Waals surface area contributed by atoms with Gasteiger partial charge in [-0.3, -0.25) is 19.7 Å². The van der Waals surface area contributed by atoms with Gasteiger partial charge in [0.2, 0.25) is 0 Å². The second-order valence-corrected chi connectivity index (χ2v) is 7.05. The Morgan fingerprint density at radius 3 is 1.93 bits per heavy atom. The summed E-state index contributed by atoms with van der Waals surface area (Å²) in [5.41, 5.74) is -0.512. The third-order valence-corrected chi connectivity index (χ3v) is 5.14. The topological polar surface area (TPSA) is 87.1 Å². The van der Waals surface area contributed by atoms with Gasteiger partial charge in [0, 0.05) is 35.8 Å². The Kier molecular flexibility index (Phi) is 5.72. The molecule has 0 spiro atoms. The van der Waals surface area contributed by atoms with E-state index in [1.54, 1.807) is 24.3 Å². The smallest absolute Gasteiger partial charge is 0.276 e. The average molecular weight is 432 g/mol. The van der Waals surface area contributed by atoms with E-state index >= 15 is 0 Å². The van der Waals surface area contributed by atoms with Gasteiger partial charge in [-0.25, -0.2) is 0 Å². The first-order valence-electron chi connectivity index (χ1n) is 8.39. The van der Waals surface area contributed by atoms with Crippen molar-refractivity contribution in [3.8, 4) is 0 Å². The minimum Gasteiger partial charge on any atom is -0.305 e. The largest absolute Gasteiger partial charge is 0.305 e. The van der Waals surface area contributed by atoms with Gasteiger partial charge in [0.1, 0.15) is 10.7 Å². The van der Waals surface area contributed by atoms with Gasteiger partial charge >= 0.3 is 0 Å². The maximum atomic E-state index is 12.9. The van der Waals surface area contributed by atoms with Crippen LogP contribution in [0.3, 0.4) is 0 Å². The monoisotopic (exact) mass is 431 g/mol. The van der Waals surface area contributed by atoms with Crippen LogP contribution in [0.15, 0.2) is 52.1 Å². The molecule has 1 aromatic heterocycles. The van der Waals surface area contributed by atoms with Crippen LogP contribution in [-0.2, 0) is 14.1 Å². The van der Waals surface area contributed by atoms with Crippen LogP contribution in [0.5, 0.6) is 0 Å². The molecule has 7 nitrogen and oxygen atoms in total. The summed E-state index contributed by atoms with van der Waals surface area (Å²) in [6, 6.07) is 10.9. The highest BCUT2D eigenvalue weighted by Crippen LogP contribution is 2.24. The minimum atomic E-state index is -0.546. The lowest BCUT2D eigenvalue weighted by atomic mass is 10.1. The summed E-state index contributed by atoms with van der Waals surface area (Å²) in [6.07, 6.45) is 2.78. The van der Waals surface area contributed by atoms with Gasteiger partial charge < -0.3 is 9.13 Å². The molecule has 0 fully saturated rings. The third kappa shape index (κ3) is 3.87. The van der Waals surface area contributed by atoms with E-state index in [9.17, 15) is 19.7 Å². The Labute approximate surface area is 174 Å². The van der Waals surface area contributed by atoms with E-state index in [4.69, 9.17) is 23.2 Å². The molecule has 0 atom stereocenters. The van der Waals surface area contributed by atoms with E-state index in [0.717, 1.165) is 4.57 Å². The maximum absolute atomic E-state index is 12.9. The number of para-hydroxylation sites is 1. The first-order valence-corrected chi connectivity index (χ1v) is 9.15. The fourth-order valence-corrected chi connectivity index (χ4v) is 3.38. The van der Waals surface area contributed by atoms with Crippen molar-refractivity contribution in [2.45, 2.75) is 0 Å². The summed E-state index contributed by atoms with van der Waals surface area (Å²) < 4.78 is 2.32. The van der Waals surface area contributed by atoms with Crippen LogP contribution in [0.4, 0.5) is 5.69 Å². The Balaban J connectivity index is 2.38. The predicted octanol–water partition coefficient (Wildman–Crippen LogP) is 1.96. The zero-order chi connectivity index (χ0) is 21.3. The van der Waals surface area contributed by atoms with E-state index < -0.39 is 16.0 Å². The van der Waals surface area contributed by atoms with Gasteiger partial charge in [-0.05, 0) is 30.4 Å². The molecular weight excluding hydrogens is 417 g/mol. The summed E-state index contributed by atoms with van der Waals surface area (Å²) in [6.45, 7) is 0. The first-order chi connectivity index (χ1) is 13.7. The third-order valence-electron chi connectivity index (χ3n) is 4.48. The lowest BCUT2D eigenvalue weighted by Gasteiger charge is -2.06. The second kappa shape index (κ2) is 8.06. The predicted molar refractivity (Wildman–Crippen MR) is 113 cm³/mol. The molecule has 3 aromatic rings. The molecule has 148 valence electrons. The highest BCUT2D eigenvalue weighted by molar-refractivity contribution is 6.37. The highest BCUT2D eigenvalue weighted by atomic mass is 35.5. The number of aromatic nitrogens is 2. The fraction of sp³-hybridized carbons (Fsp3) is 0.100. The van der Waals surface area contributed by atoms with Crippen LogP contribution in [0.1, 0.15) is 11.1 Å². The summed E-state index contributed by atoms with van der Waals surface area (Å²) >= 11 is 12.3. The van der Waals surface area contributed by atoms with Crippen LogP contribution in [0.2, 0.25) is 10.0 Å². The maximum Gasteiger partial charge on any atom is 0.276 e. The number of rotatable bonds is 3. The molecule has 0 saturated carbocycles. The molecule has 9 heteroatoms. The molecule has 0 saturated heterocycles. The van der Waals surface area contributed by atoms with Gasteiger partial charge in [-0.1, -0.05) is 41.4 Å². The standard InChI is InChI=1S/C20H15Cl2N3O4/c1-23-17(10-12-6-3-4-9-16(12)25(28)29)19(26)24(2)18(20(23)27)11-13-14(21)7-5-8-15(13)22/h3-11H,1-2H3/b17-10-,18-11-. The molecule has 3 rings (SSSR count). The Hall–Kier alpha value is -3.16. The minimum absolute atomic E-state index is 0.00852. The normalized spacial score (nSPS) is 12.4. The SMILES string of the molecule is Cn1c(=O)/c(=C/c2c(Cl)cccc2Cl)n(C)c(=O)/c1=C/c1ccccc1[N+](=O)[O-]. The zero-order valence-corrected chi connectivity index (χ0v) is 16.9. The van der Waals surface area contributed by atoms with E-state index in [1.165, 1.54) is 49.0 Å².